The predicted molar refractivity (Wildman–Crippen MR) is 86.6 cm³/mol. The van der Waals surface area contributed by atoms with Crippen molar-refractivity contribution >= 4 is 15.9 Å². The van der Waals surface area contributed by atoms with Gasteiger partial charge in [0.1, 0.15) is 12.4 Å². The average molecular weight is 341 g/mol. The lowest BCUT2D eigenvalue weighted by Gasteiger charge is -2.35. The van der Waals surface area contributed by atoms with Crippen molar-refractivity contribution in [3.63, 3.8) is 0 Å². The van der Waals surface area contributed by atoms with E-state index in [-0.39, 0.29) is 10.8 Å². The normalized spacial score (nSPS) is 19.2. The lowest BCUT2D eigenvalue weighted by Crippen LogP contribution is -2.48. The van der Waals surface area contributed by atoms with Gasteiger partial charge in [-0.3, -0.25) is 9.69 Å². The fourth-order valence-corrected chi connectivity index (χ4v) is 3.08. The number of likely N-dealkylation sites (N-methyl/N-ethyl adjacent to an activating group) is 2. The van der Waals surface area contributed by atoms with Gasteiger partial charge in [0.2, 0.25) is 15.9 Å². The van der Waals surface area contributed by atoms with Crippen LogP contribution in [0.2, 0.25) is 0 Å². The molecule has 2 N–H and O–H groups in total. The number of amides is 1. The van der Waals surface area contributed by atoms with Gasteiger partial charge in [-0.1, -0.05) is 0 Å². The molecule has 1 fully saturated rings. The van der Waals surface area contributed by atoms with E-state index < -0.39 is 10.0 Å². The molecule has 7 nitrogen and oxygen atoms in total. The topological polar surface area (TPSA) is 92.9 Å². The standard InChI is InChI=1S/C15H23N3O4S/c1-17(12-3-8-15(19)18(2)11-12)9-10-22-13-4-6-14(7-5-13)23(16,20)21/h4-7,12H,3,8-11H2,1-2H3,(H2,16,20,21)/t12-/m1/s1. The van der Waals surface area contributed by atoms with E-state index >= 15 is 0 Å². The zero-order chi connectivity index (χ0) is 17.0. The number of carbonyl (C=O) groups excluding carboxylic acids is 1. The Labute approximate surface area is 137 Å². The van der Waals surface area contributed by atoms with Crippen LogP contribution in [-0.4, -0.2) is 64.0 Å². The number of rotatable bonds is 6. The Balaban J connectivity index is 1.79. The van der Waals surface area contributed by atoms with Gasteiger partial charge >= 0.3 is 0 Å². The number of carbonyl (C=O) groups is 1. The molecule has 2 rings (SSSR count). The number of nitrogens with zero attached hydrogens (tertiary/aromatic N) is 2. The zero-order valence-corrected chi connectivity index (χ0v) is 14.3. The first kappa shape index (κ1) is 17.7. The predicted octanol–water partition coefficient (Wildman–Crippen LogP) is 0.265. The summed E-state index contributed by atoms with van der Waals surface area (Å²) >= 11 is 0. The Hall–Kier alpha value is -1.64. The van der Waals surface area contributed by atoms with E-state index in [1.807, 2.05) is 14.1 Å². The van der Waals surface area contributed by atoms with Crippen LogP contribution in [0.1, 0.15) is 12.8 Å². The van der Waals surface area contributed by atoms with Crippen LogP contribution in [0.3, 0.4) is 0 Å². The van der Waals surface area contributed by atoms with Crippen molar-refractivity contribution in [1.82, 2.24) is 9.80 Å². The van der Waals surface area contributed by atoms with Crippen LogP contribution in [0, 0.1) is 0 Å². The van der Waals surface area contributed by atoms with Gasteiger partial charge in [-0.15, -0.1) is 0 Å². The quantitative estimate of drug-likeness (QED) is 0.801. The first-order valence-electron chi connectivity index (χ1n) is 7.47. The Morgan fingerprint density at radius 2 is 2.00 bits per heavy atom. The third kappa shape index (κ3) is 4.92. The second-order valence-corrected chi connectivity index (χ2v) is 7.37. The Kier molecular flexibility index (Phi) is 5.61. The third-order valence-corrected chi connectivity index (χ3v) is 5.02. The second kappa shape index (κ2) is 7.29. The molecule has 0 spiro atoms. The van der Waals surface area contributed by atoms with E-state index in [0.29, 0.717) is 24.8 Å². The molecule has 1 aliphatic heterocycles. The van der Waals surface area contributed by atoms with Crippen molar-refractivity contribution in [2.45, 2.75) is 23.8 Å². The zero-order valence-electron chi connectivity index (χ0n) is 13.4. The first-order chi connectivity index (χ1) is 10.8. The highest BCUT2D eigenvalue weighted by Gasteiger charge is 2.25. The van der Waals surface area contributed by atoms with Gasteiger partial charge in [0.15, 0.2) is 0 Å². The van der Waals surface area contributed by atoms with Gasteiger partial charge in [0.05, 0.1) is 4.90 Å². The summed E-state index contributed by atoms with van der Waals surface area (Å²) in [5.41, 5.74) is 0. The Morgan fingerprint density at radius 3 is 2.57 bits per heavy atom. The van der Waals surface area contributed by atoms with E-state index in [9.17, 15) is 13.2 Å². The maximum atomic E-state index is 11.5. The van der Waals surface area contributed by atoms with Crippen LogP contribution < -0.4 is 9.88 Å². The molecular formula is C15H23N3O4S. The van der Waals surface area contributed by atoms with Crippen LogP contribution >= 0.6 is 0 Å². The van der Waals surface area contributed by atoms with E-state index in [4.69, 9.17) is 9.88 Å². The van der Waals surface area contributed by atoms with Crippen LogP contribution in [0.25, 0.3) is 0 Å². The molecule has 128 valence electrons. The summed E-state index contributed by atoms with van der Waals surface area (Å²) in [6, 6.07) is 6.37. The fraction of sp³-hybridized carbons (Fsp3) is 0.533. The minimum atomic E-state index is -3.67. The van der Waals surface area contributed by atoms with Gasteiger partial charge in [0.25, 0.3) is 0 Å². The van der Waals surface area contributed by atoms with Crippen molar-refractivity contribution in [2.75, 3.05) is 33.8 Å². The summed E-state index contributed by atoms with van der Waals surface area (Å²) in [6.07, 6.45) is 1.45. The number of likely N-dealkylation sites (tertiary alicyclic amines) is 1. The molecule has 1 atom stereocenters. The van der Waals surface area contributed by atoms with Gasteiger partial charge in [-0.25, -0.2) is 13.6 Å². The van der Waals surface area contributed by atoms with E-state index in [1.54, 1.807) is 17.0 Å². The molecule has 1 amide bonds. The first-order valence-corrected chi connectivity index (χ1v) is 9.02. The number of benzene rings is 1. The molecule has 23 heavy (non-hydrogen) atoms. The van der Waals surface area contributed by atoms with E-state index in [2.05, 4.69) is 4.90 Å². The van der Waals surface area contributed by atoms with Gasteiger partial charge in [-0.2, -0.15) is 0 Å². The number of ether oxygens (including phenoxy) is 1. The molecular weight excluding hydrogens is 318 g/mol. The monoisotopic (exact) mass is 341 g/mol. The van der Waals surface area contributed by atoms with Crippen LogP contribution in [0.5, 0.6) is 5.75 Å². The molecule has 1 heterocycles. The molecule has 8 heteroatoms. The minimum Gasteiger partial charge on any atom is -0.492 e. The third-order valence-electron chi connectivity index (χ3n) is 4.09. The summed E-state index contributed by atoms with van der Waals surface area (Å²) in [5.74, 6) is 0.794. The van der Waals surface area contributed by atoms with Crippen molar-refractivity contribution < 1.29 is 17.9 Å². The lowest BCUT2D eigenvalue weighted by atomic mass is 10.0. The highest BCUT2D eigenvalue weighted by atomic mass is 32.2. The highest BCUT2D eigenvalue weighted by molar-refractivity contribution is 7.89. The summed E-state index contributed by atoms with van der Waals surface area (Å²) in [4.78, 5) is 15.5. The summed E-state index contributed by atoms with van der Waals surface area (Å²) in [6.45, 7) is 1.95. The average Bonchev–Trinajstić information content (AvgIpc) is 2.49. The van der Waals surface area contributed by atoms with Crippen molar-refractivity contribution in [2.24, 2.45) is 5.14 Å². The second-order valence-electron chi connectivity index (χ2n) is 5.81. The SMILES string of the molecule is CN1C[C@H](N(C)CCOc2ccc(S(N)(=O)=O)cc2)CCC1=O. The molecule has 0 bridgehead atoms. The Morgan fingerprint density at radius 1 is 1.35 bits per heavy atom. The molecule has 0 saturated carbocycles. The molecule has 0 unspecified atom stereocenters. The number of hydrogen-bond donors (Lipinski definition) is 1. The largest absolute Gasteiger partial charge is 0.492 e. The smallest absolute Gasteiger partial charge is 0.238 e. The number of hydrogen-bond acceptors (Lipinski definition) is 5. The molecule has 1 aromatic rings. The van der Waals surface area contributed by atoms with Gasteiger partial charge < -0.3 is 9.64 Å². The molecule has 0 aliphatic carbocycles. The van der Waals surface area contributed by atoms with Crippen molar-refractivity contribution in [1.29, 1.82) is 0 Å². The van der Waals surface area contributed by atoms with Crippen molar-refractivity contribution in [3.05, 3.63) is 24.3 Å². The van der Waals surface area contributed by atoms with E-state index in [0.717, 1.165) is 19.5 Å². The lowest BCUT2D eigenvalue weighted by molar-refractivity contribution is -0.133. The van der Waals surface area contributed by atoms with E-state index in [1.165, 1.54) is 12.1 Å². The molecule has 1 aliphatic rings. The molecule has 0 radical (unpaired) electrons. The summed E-state index contributed by atoms with van der Waals surface area (Å²) in [7, 11) is 0.167. The minimum absolute atomic E-state index is 0.0666. The maximum Gasteiger partial charge on any atom is 0.238 e. The number of nitrogens with two attached hydrogens (primary N) is 1. The highest BCUT2D eigenvalue weighted by Crippen LogP contribution is 2.16. The summed E-state index contributed by atoms with van der Waals surface area (Å²) in [5, 5.41) is 5.05. The molecule has 1 saturated heterocycles. The fourth-order valence-electron chi connectivity index (χ4n) is 2.57. The number of primary sulfonamides is 1. The number of sulfonamides is 1. The maximum absolute atomic E-state index is 11.5. The van der Waals surface area contributed by atoms with Gasteiger partial charge in [-0.05, 0) is 37.7 Å². The Bertz CT molecular complexity index is 645. The van der Waals surface area contributed by atoms with Gasteiger partial charge in [0, 0.05) is 32.6 Å². The molecule has 0 aromatic heterocycles. The van der Waals surface area contributed by atoms with Crippen molar-refractivity contribution in [3.8, 4) is 5.75 Å². The molecule has 1 aromatic carbocycles. The van der Waals surface area contributed by atoms with Crippen LogP contribution in [0.15, 0.2) is 29.2 Å². The van der Waals surface area contributed by atoms with Crippen LogP contribution in [-0.2, 0) is 14.8 Å². The van der Waals surface area contributed by atoms with Crippen LogP contribution in [0.4, 0.5) is 0 Å². The summed E-state index contributed by atoms with van der Waals surface area (Å²) < 4.78 is 28.0. The number of piperidine rings is 1.